The van der Waals surface area contributed by atoms with Gasteiger partial charge in [-0.05, 0) is 43.2 Å². The molecule has 8 heteroatoms. The summed E-state index contributed by atoms with van der Waals surface area (Å²) in [5, 5.41) is 6.00. The predicted molar refractivity (Wildman–Crippen MR) is 106 cm³/mol. The van der Waals surface area contributed by atoms with E-state index in [-0.39, 0.29) is 24.1 Å². The van der Waals surface area contributed by atoms with Crippen LogP contribution in [0, 0.1) is 18.7 Å². The van der Waals surface area contributed by atoms with Crippen molar-refractivity contribution in [2.45, 2.75) is 25.4 Å². The Bertz CT molecular complexity index is 798. The van der Waals surface area contributed by atoms with Crippen LogP contribution in [0.25, 0.3) is 0 Å². The second kappa shape index (κ2) is 9.56. The van der Waals surface area contributed by atoms with E-state index >= 15 is 0 Å². The third-order valence-corrected chi connectivity index (χ3v) is 5.00. The quantitative estimate of drug-likeness (QED) is 0.557. The van der Waals surface area contributed by atoms with Gasteiger partial charge >= 0.3 is 0 Å². The molecule has 0 amide bonds. The second-order valence-corrected chi connectivity index (χ2v) is 7.48. The summed E-state index contributed by atoms with van der Waals surface area (Å²) >= 11 is 0. The van der Waals surface area contributed by atoms with E-state index in [1.807, 2.05) is 19.1 Å². The fourth-order valence-corrected chi connectivity index (χ4v) is 3.59. The molecule has 0 saturated carbocycles. The van der Waals surface area contributed by atoms with Crippen LogP contribution < -0.4 is 16.4 Å². The van der Waals surface area contributed by atoms with Crippen molar-refractivity contribution in [1.82, 2.24) is 15.6 Å². The van der Waals surface area contributed by atoms with Gasteiger partial charge in [0.1, 0.15) is 11.6 Å². The second-order valence-electron chi connectivity index (χ2n) is 7.48. The molecule has 1 fully saturated rings. The number of halogens is 3. The van der Waals surface area contributed by atoms with Crippen molar-refractivity contribution >= 4 is 5.82 Å². The fraction of sp³-hybridized carbons (Fsp3) is 0.476. The maximum Gasteiger partial charge on any atom is 0.285 e. The molecule has 2 heterocycles. The molecule has 0 radical (unpaired) electrons. The van der Waals surface area contributed by atoms with E-state index in [9.17, 15) is 13.2 Å². The molecule has 29 heavy (non-hydrogen) atoms. The Kier molecular flexibility index (Phi) is 7.10. The number of aryl methyl sites for hydroxylation is 1. The summed E-state index contributed by atoms with van der Waals surface area (Å²) in [6.07, 6.45) is 0.735. The van der Waals surface area contributed by atoms with Gasteiger partial charge in [-0.15, -0.1) is 0 Å². The molecular formula is C21H27F3N4O. The topological polar surface area (TPSA) is 72.2 Å². The Hall–Kier alpha value is -2.16. The van der Waals surface area contributed by atoms with Gasteiger partial charge < -0.3 is 21.1 Å². The SMILES string of the molecule is Cc1cc(N)nc(CC2CNCC2OCCNCC(F)(F)c2cccc(F)c2)c1. The number of nitrogens with one attached hydrogen (secondary N) is 2. The van der Waals surface area contributed by atoms with Crippen molar-refractivity contribution in [3.8, 4) is 0 Å². The summed E-state index contributed by atoms with van der Waals surface area (Å²) in [6.45, 7) is 3.53. The largest absolute Gasteiger partial charge is 0.384 e. The van der Waals surface area contributed by atoms with Crippen LogP contribution in [0.2, 0.25) is 0 Å². The molecule has 2 atom stereocenters. The summed E-state index contributed by atoms with van der Waals surface area (Å²) in [4.78, 5) is 4.38. The van der Waals surface area contributed by atoms with Crippen LogP contribution in [0.3, 0.4) is 0 Å². The number of hydrogen-bond donors (Lipinski definition) is 3. The highest BCUT2D eigenvalue weighted by Gasteiger charge is 2.31. The standard InChI is InChI=1S/C21H27F3N4O/c1-14-7-18(28-20(25)8-14)9-15-11-27-12-19(15)29-6-5-26-13-21(23,24)16-3-2-4-17(22)10-16/h2-4,7-8,10,15,19,26-27H,5-6,9,11-13H2,1H3,(H2,25,28). The van der Waals surface area contributed by atoms with Gasteiger partial charge in [-0.1, -0.05) is 12.1 Å². The number of aromatic nitrogens is 1. The highest BCUT2D eigenvalue weighted by atomic mass is 19.3. The molecule has 3 rings (SSSR count). The molecule has 1 aromatic carbocycles. The summed E-state index contributed by atoms with van der Waals surface area (Å²) < 4.78 is 47.3. The van der Waals surface area contributed by atoms with Gasteiger partial charge in [0.15, 0.2) is 0 Å². The lowest BCUT2D eigenvalue weighted by atomic mass is 9.99. The maximum atomic E-state index is 14.1. The number of nitrogens with zero attached hydrogens (tertiary/aromatic N) is 1. The molecule has 5 nitrogen and oxygen atoms in total. The van der Waals surface area contributed by atoms with E-state index in [0.717, 1.165) is 36.4 Å². The zero-order chi connectivity index (χ0) is 20.9. The summed E-state index contributed by atoms with van der Waals surface area (Å²) in [7, 11) is 0. The minimum atomic E-state index is -3.14. The molecule has 0 aliphatic carbocycles. The van der Waals surface area contributed by atoms with E-state index < -0.39 is 18.3 Å². The molecule has 0 spiro atoms. The molecule has 2 aromatic rings. The van der Waals surface area contributed by atoms with Crippen LogP contribution >= 0.6 is 0 Å². The first kappa shape index (κ1) is 21.5. The molecular weight excluding hydrogens is 381 g/mol. The van der Waals surface area contributed by atoms with Crippen LogP contribution in [0.5, 0.6) is 0 Å². The molecule has 158 valence electrons. The van der Waals surface area contributed by atoms with E-state index in [4.69, 9.17) is 10.5 Å². The molecule has 1 saturated heterocycles. The van der Waals surface area contributed by atoms with Crippen molar-refractivity contribution in [1.29, 1.82) is 0 Å². The minimum absolute atomic E-state index is 0.0101. The molecule has 4 N–H and O–H groups in total. The van der Waals surface area contributed by atoms with Crippen molar-refractivity contribution in [3.63, 3.8) is 0 Å². The van der Waals surface area contributed by atoms with E-state index in [1.165, 1.54) is 12.1 Å². The first-order valence-corrected chi connectivity index (χ1v) is 9.73. The highest BCUT2D eigenvalue weighted by Crippen LogP contribution is 2.27. The Morgan fingerprint density at radius 3 is 2.86 bits per heavy atom. The molecule has 1 aliphatic heterocycles. The van der Waals surface area contributed by atoms with E-state index in [2.05, 4.69) is 15.6 Å². The zero-order valence-corrected chi connectivity index (χ0v) is 16.4. The average Bonchev–Trinajstić information content (AvgIpc) is 3.07. The first-order chi connectivity index (χ1) is 13.8. The van der Waals surface area contributed by atoms with Crippen molar-refractivity contribution in [3.05, 3.63) is 59.0 Å². The van der Waals surface area contributed by atoms with Gasteiger partial charge in [0.25, 0.3) is 5.92 Å². The number of nitrogen functional groups attached to an aromatic ring is 1. The maximum absolute atomic E-state index is 14.1. The number of hydrogen-bond acceptors (Lipinski definition) is 5. The lowest BCUT2D eigenvalue weighted by molar-refractivity contribution is -0.00825. The summed E-state index contributed by atoms with van der Waals surface area (Å²) in [6, 6.07) is 8.36. The number of ether oxygens (including phenoxy) is 1. The van der Waals surface area contributed by atoms with Gasteiger partial charge in [0.05, 0.1) is 19.3 Å². The average molecular weight is 408 g/mol. The fourth-order valence-electron chi connectivity index (χ4n) is 3.59. The number of benzene rings is 1. The normalized spacial score (nSPS) is 19.6. The number of nitrogens with two attached hydrogens (primary N) is 1. The van der Waals surface area contributed by atoms with Gasteiger partial charge in [-0.25, -0.2) is 9.37 Å². The lowest BCUT2D eigenvalue weighted by Gasteiger charge is -2.21. The van der Waals surface area contributed by atoms with E-state index in [1.54, 1.807) is 0 Å². The molecule has 0 bridgehead atoms. The Balaban J connectivity index is 1.42. The minimum Gasteiger partial charge on any atom is -0.384 e. The van der Waals surface area contributed by atoms with Gasteiger partial charge in [0.2, 0.25) is 0 Å². The van der Waals surface area contributed by atoms with Crippen molar-refractivity contribution in [2.24, 2.45) is 5.92 Å². The summed E-state index contributed by atoms with van der Waals surface area (Å²) in [5.74, 6) is -3.06. The third kappa shape index (κ3) is 6.16. The number of alkyl halides is 2. The summed E-state index contributed by atoms with van der Waals surface area (Å²) in [5.41, 5.74) is 7.48. The highest BCUT2D eigenvalue weighted by molar-refractivity contribution is 5.34. The molecule has 1 aliphatic rings. The lowest BCUT2D eigenvalue weighted by Crippen LogP contribution is -2.34. The number of rotatable bonds is 9. The van der Waals surface area contributed by atoms with Crippen molar-refractivity contribution < 1.29 is 17.9 Å². The van der Waals surface area contributed by atoms with Crippen LogP contribution in [0.1, 0.15) is 16.8 Å². The van der Waals surface area contributed by atoms with E-state index in [0.29, 0.717) is 19.0 Å². The Labute approximate surface area is 168 Å². The van der Waals surface area contributed by atoms with Crippen molar-refractivity contribution in [2.75, 3.05) is 38.5 Å². The Morgan fingerprint density at radius 1 is 1.28 bits per heavy atom. The van der Waals surface area contributed by atoms with Crippen LogP contribution in [0.15, 0.2) is 36.4 Å². The van der Waals surface area contributed by atoms with Gasteiger partial charge in [-0.2, -0.15) is 8.78 Å². The number of pyridine rings is 1. The van der Waals surface area contributed by atoms with Crippen LogP contribution in [-0.2, 0) is 17.1 Å². The Morgan fingerprint density at radius 2 is 2.10 bits per heavy atom. The smallest absolute Gasteiger partial charge is 0.285 e. The monoisotopic (exact) mass is 408 g/mol. The van der Waals surface area contributed by atoms with Gasteiger partial charge in [-0.3, -0.25) is 0 Å². The number of anilines is 1. The molecule has 2 unspecified atom stereocenters. The van der Waals surface area contributed by atoms with Gasteiger partial charge in [0, 0.05) is 36.8 Å². The predicted octanol–water partition coefficient (Wildman–Crippen LogP) is 2.64. The third-order valence-electron chi connectivity index (χ3n) is 5.00. The van der Waals surface area contributed by atoms with Crippen LogP contribution in [-0.4, -0.2) is 43.9 Å². The first-order valence-electron chi connectivity index (χ1n) is 9.73. The molecule has 1 aromatic heterocycles. The van der Waals surface area contributed by atoms with Crippen LogP contribution in [0.4, 0.5) is 19.0 Å². The zero-order valence-electron chi connectivity index (χ0n) is 16.4.